The summed E-state index contributed by atoms with van der Waals surface area (Å²) in [4.78, 5) is 18.2. The molecule has 0 radical (unpaired) electrons. The van der Waals surface area contributed by atoms with E-state index in [1.165, 1.54) is 13.1 Å². The Balaban J connectivity index is 1.32. The third-order valence-corrected chi connectivity index (χ3v) is 9.71. The van der Waals surface area contributed by atoms with Gasteiger partial charge in [0.2, 0.25) is 0 Å². The first-order valence-electron chi connectivity index (χ1n) is 17.2. The fourth-order valence-electron chi connectivity index (χ4n) is 6.07. The van der Waals surface area contributed by atoms with Crippen LogP contribution in [-0.4, -0.2) is 75.7 Å². The Morgan fingerprint density at radius 1 is 1.02 bits per heavy atom. The van der Waals surface area contributed by atoms with E-state index in [2.05, 4.69) is 47.3 Å². The van der Waals surface area contributed by atoms with Gasteiger partial charge in [0.25, 0.3) is 0 Å². The van der Waals surface area contributed by atoms with Gasteiger partial charge in [-0.2, -0.15) is 5.26 Å². The standard InChI is InChI=1S/C40H45ClN4O7/c1-26-30(7-4-8-33(26)34-9-5-10-36(27(34)2)50-14-6-12-45-13-11-32(47)22-45)24-52-38-17-37(51-23-29-15-28(18-42)19-43-20-29)31(16-35(38)41)21-44-40(3,25-46)39(48)49/h4-5,7-10,15-17,19-20,32,44,46-47H,6,11-14,21-25H2,1-3H3,(H,48,49)/t32-,40-/m1/s1. The number of ether oxygens (including phenoxy) is 3. The number of nitrogens with zero attached hydrogens (tertiary/aromatic N) is 3. The second kappa shape index (κ2) is 17.7. The van der Waals surface area contributed by atoms with Gasteiger partial charge >= 0.3 is 5.97 Å². The Morgan fingerprint density at radius 3 is 2.48 bits per heavy atom. The number of nitriles is 1. The van der Waals surface area contributed by atoms with Crippen LogP contribution in [0.1, 0.15) is 53.1 Å². The lowest BCUT2D eigenvalue weighted by Gasteiger charge is -2.25. The van der Waals surface area contributed by atoms with E-state index in [1.54, 1.807) is 24.4 Å². The molecule has 2 atom stereocenters. The molecule has 0 spiro atoms. The maximum Gasteiger partial charge on any atom is 0.326 e. The van der Waals surface area contributed by atoms with Crippen LogP contribution in [-0.2, 0) is 24.6 Å². The summed E-state index contributed by atoms with van der Waals surface area (Å²) in [6.45, 7) is 8.36. The number of benzene rings is 3. The average Bonchev–Trinajstić information content (AvgIpc) is 3.57. The molecule has 4 aromatic rings. The van der Waals surface area contributed by atoms with E-state index >= 15 is 0 Å². The summed E-state index contributed by atoms with van der Waals surface area (Å²) in [6, 6.07) is 19.2. The van der Waals surface area contributed by atoms with Crippen LogP contribution in [0.4, 0.5) is 0 Å². The Labute approximate surface area is 309 Å². The predicted molar refractivity (Wildman–Crippen MR) is 198 cm³/mol. The van der Waals surface area contributed by atoms with Crippen molar-refractivity contribution in [1.82, 2.24) is 15.2 Å². The molecule has 0 bridgehead atoms. The number of hydrogen-bond donors (Lipinski definition) is 4. The van der Waals surface area contributed by atoms with E-state index in [0.29, 0.717) is 39.8 Å². The van der Waals surface area contributed by atoms with E-state index in [0.717, 1.165) is 66.0 Å². The third-order valence-electron chi connectivity index (χ3n) is 9.42. The van der Waals surface area contributed by atoms with Crippen LogP contribution in [0.3, 0.4) is 0 Å². The maximum absolute atomic E-state index is 11.8. The lowest BCUT2D eigenvalue weighted by atomic mass is 9.93. The Kier molecular flexibility index (Phi) is 13.1. The monoisotopic (exact) mass is 728 g/mol. The Hall–Kier alpha value is -4.70. The van der Waals surface area contributed by atoms with Gasteiger partial charge < -0.3 is 34.4 Å². The normalized spacial score (nSPS) is 15.5. The number of aliphatic carboxylic acids is 1. The number of aromatic nitrogens is 1. The van der Waals surface area contributed by atoms with E-state index in [1.807, 2.05) is 24.3 Å². The minimum atomic E-state index is -1.59. The molecule has 0 amide bonds. The largest absolute Gasteiger partial charge is 0.493 e. The first-order chi connectivity index (χ1) is 25.0. The molecule has 52 heavy (non-hydrogen) atoms. The zero-order chi connectivity index (χ0) is 37.3. The molecule has 5 rings (SSSR count). The van der Waals surface area contributed by atoms with Gasteiger partial charge in [0.15, 0.2) is 0 Å². The third kappa shape index (κ3) is 9.59. The molecular formula is C40H45ClN4O7. The molecule has 12 heteroatoms. The number of rotatable bonds is 17. The highest BCUT2D eigenvalue weighted by molar-refractivity contribution is 6.32. The van der Waals surface area contributed by atoms with Crippen LogP contribution >= 0.6 is 11.6 Å². The number of carbonyl (C=O) groups is 1. The molecule has 1 saturated heterocycles. The van der Waals surface area contributed by atoms with Crippen LogP contribution in [0.5, 0.6) is 17.2 Å². The molecule has 2 heterocycles. The number of carboxylic acid groups (broad SMARTS) is 1. The van der Waals surface area contributed by atoms with Crippen LogP contribution in [0, 0.1) is 25.2 Å². The number of halogens is 1. The molecule has 1 aliphatic rings. The second-order valence-electron chi connectivity index (χ2n) is 13.3. The molecule has 3 aromatic carbocycles. The number of aliphatic hydroxyl groups excluding tert-OH is 2. The predicted octanol–water partition coefficient (Wildman–Crippen LogP) is 5.81. The quantitative estimate of drug-likeness (QED) is 0.0973. The van der Waals surface area contributed by atoms with E-state index < -0.39 is 18.1 Å². The fourth-order valence-corrected chi connectivity index (χ4v) is 6.31. The number of likely N-dealkylation sites (tertiary alicyclic amines) is 1. The first-order valence-corrected chi connectivity index (χ1v) is 17.6. The lowest BCUT2D eigenvalue weighted by molar-refractivity contribution is -0.145. The molecular weight excluding hydrogens is 684 g/mol. The number of carboxylic acids is 1. The molecule has 274 valence electrons. The van der Waals surface area contributed by atoms with Gasteiger partial charge in [-0.25, -0.2) is 0 Å². The van der Waals surface area contributed by atoms with Crippen molar-refractivity contribution in [3.63, 3.8) is 0 Å². The molecule has 1 fully saturated rings. The summed E-state index contributed by atoms with van der Waals surface area (Å²) in [5.41, 5.74) is 5.20. The number of hydrogen-bond acceptors (Lipinski definition) is 10. The zero-order valence-electron chi connectivity index (χ0n) is 29.7. The molecule has 1 aliphatic heterocycles. The lowest BCUT2D eigenvalue weighted by Crippen LogP contribution is -2.52. The van der Waals surface area contributed by atoms with Gasteiger partial charge in [-0.15, -0.1) is 0 Å². The minimum absolute atomic E-state index is 0.0288. The summed E-state index contributed by atoms with van der Waals surface area (Å²) >= 11 is 6.72. The zero-order valence-corrected chi connectivity index (χ0v) is 30.4. The molecule has 11 nitrogen and oxygen atoms in total. The Morgan fingerprint density at radius 2 is 1.77 bits per heavy atom. The van der Waals surface area contributed by atoms with Gasteiger partial charge in [0.1, 0.15) is 42.1 Å². The Bertz CT molecular complexity index is 1920. The second-order valence-corrected chi connectivity index (χ2v) is 13.7. The smallest absolute Gasteiger partial charge is 0.326 e. The van der Waals surface area contributed by atoms with Crippen molar-refractivity contribution < 1.29 is 34.3 Å². The first kappa shape index (κ1) is 38.5. The van der Waals surface area contributed by atoms with Crippen molar-refractivity contribution >= 4 is 17.6 Å². The van der Waals surface area contributed by atoms with Gasteiger partial charge in [0, 0.05) is 55.8 Å². The molecule has 1 aromatic heterocycles. The van der Waals surface area contributed by atoms with Gasteiger partial charge in [-0.05, 0) is 79.6 Å². The fraction of sp³-hybridized carbons (Fsp3) is 0.375. The number of aliphatic hydroxyl groups is 2. The summed E-state index contributed by atoms with van der Waals surface area (Å²) < 4.78 is 18.6. The summed E-state index contributed by atoms with van der Waals surface area (Å²) in [6.07, 6.45) is 4.55. The van der Waals surface area contributed by atoms with E-state index in [9.17, 15) is 25.4 Å². The highest BCUT2D eigenvalue weighted by Crippen LogP contribution is 2.36. The minimum Gasteiger partial charge on any atom is -0.493 e. The topological polar surface area (TPSA) is 157 Å². The molecule has 0 unspecified atom stereocenters. The van der Waals surface area contributed by atoms with Gasteiger partial charge in [-0.1, -0.05) is 41.9 Å². The van der Waals surface area contributed by atoms with E-state index in [4.69, 9.17) is 25.8 Å². The van der Waals surface area contributed by atoms with Crippen LogP contribution in [0.2, 0.25) is 5.02 Å². The van der Waals surface area contributed by atoms with Crippen LogP contribution < -0.4 is 19.5 Å². The van der Waals surface area contributed by atoms with Crippen LogP contribution in [0.25, 0.3) is 11.1 Å². The average molecular weight is 729 g/mol. The van der Waals surface area contributed by atoms with Crippen molar-refractivity contribution in [1.29, 1.82) is 5.26 Å². The van der Waals surface area contributed by atoms with Gasteiger partial charge in [-0.3, -0.25) is 15.1 Å². The highest BCUT2D eigenvalue weighted by atomic mass is 35.5. The number of nitrogens with one attached hydrogen (secondary N) is 1. The molecule has 0 aliphatic carbocycles. The summed E-state index contributed by atoms with van der Waals surface area (Å²) in [5, 5.41) is 41.6. The SMILES string of the molecule is Cc1c(COc2cc(OCc3cncc(C#N)c3)c(CN[C@](C)(CO)C(=O)O)cc2Cl)cccc1-c1cccc(OCCCN2CC[C@@H](O)C2)c1C. The molecule has 0 saturated carbocycles. The van der Waals surface area contributed by atoms with Gasteiger partial charge in [0.05, 0.1) is 29.9 Å². The van der Waals surface area contributed by atoms with Crippen molar-refractivity contribution in [2.75, 3.05) is 32.8 Å². The number of pyridine rings is 1. The summed E-state index contributed by atoms with van der Waals surface area (Å²) in [7, 11) is 0. The van der Waals surface area contributed by atoms with E-state index in [-0.39, 0.29) is 25.9 Å². The van der Waals surface area contributed by atoms with Crippen molar-refractivity contribution in [3.05, 3.63) is 105 Å². The highest BCUT2D eigenvalue weighted by Gasteiger charge is 2.32. The number of β-amino-alcohol motifs (C(OH)–C–C–N with tert-alkyl or cyclic N) is 1. The van der Waals surface area contributed by atoms with Crippen molar-refractivity contribution in [3.8, 4) is 34.4 Å². The maximum atomic E-state index is 11.8. The van der Waals surface area contributed by atoms with Crippen molar-refractivity contribution in [2.45, 2.75) is 65.0 Å². The van der Waals surface area contributed by atoms with Crippen LogP contribution in [0.15, 0.2) is 67.0 Å². The molecule has 4 N–H and O–H groups in total. The van der Waals surface area contributed by atoms with Crippen molar-refractivity contribution in [2.24, 2.45) is 0 Å². The summed E-state index contributed by atoms with van der Waals surface area (Å²) in [5.74, 6) is 0.389.